The van der Waals surface area contributed by atoms with Gasteiger partial charge in [0.05, 0.1) is 17.1 Å². The monoisotopic (exact) mass is 408 g/mol. The van der Waals surface area contributed by atoms with Crippen LogP contribution in [0.4, 0.5) is 4.39 Å². The number of carbonyl (C=O) groups is 1. The number of likely N-dealkylation sites (tertiary alicyclic amines) is 1. The molecule has 2 unspecified atom stereocenters. The molecule has 1 saturated heterocycles. The van der Waals surface area contributed by atoms with E-state index in [1.807, 2.05) is 24.4 Å². The Balaban J connectivity index is 1.38. The number of nitrogens with one attached hydrogen (secondary N) is 1. The van der Waals surface area contributed by atoms with Crippen LogP contribution in [0.1, 0.15) is 35.2 Å². The molecule has 0 bridgehead atoms. The van der Waals surface area contributed by atoms with Crippen LogP contribution < -0.4 is 5.32 Å². The van der Waals surface area contributed by atoms with Gasteiger partial charge in [0.25, 0.3) is 5.91 Å². The van der Waals surface area contributed by atoms with Crippen LogP contribution in [0.2, 0.25) is 0 Å². The smallest absolute Gasteiger partial charge is 0.273 e. The Morgan fingerprint density at radius 3 is 2.73 bits per heavy atom. The van der Waals surface area contributed by atoms with Gasteiger partial charge in [0.15, 0.2) is 5.69 Å². The molecule has 7 nitrogen and oxygen atoms in total. The van der Waals surface area contributed by atoms with Crippen LogP contribution in [-0.2, 0) is 6.54 Å². The minimum absolute atomic E-state index is 0.0767. The molecule has 4 rings (SSSR count). The van der Waals surface area contributed by atoms with Crippen molar-refractivity contribution < 1.29 is 9.18 Å². The van der Waals surface area contributed by atoms with Gasteiger partial charge in [-0.1, -0.05) is 18.2 Å². The Labute approximate surface area is 174 Å². The Hall–Kier alpha value is -3.13. The van der Waals surface area contributed by atoms with Crippen molar-refractivity contribution in [2.24, 2.45) is 5.92 Å². The first-order valence-corrected chi connectivity index (χ1v) is 10.1. The summed E-state index contributed by atoms with van der Waals surface area (Å²) in [6, 6.07) is 12.0. The van der Waals surface area contributed by atoms with E-state index in [0.29, 0.717) is 23.0 Å². The first-order chi connectivity index (χ1) is 14.5. The van der Waals surface area contributed by atoms with E-state index >= 15 is 0 Å². The molecule has 3 aromatic rings. The Morgan fingerprint density at radius 2 is 2.03 bits per heavy atom. The van der Waals surface area contributed by atoms with Crippen LogP contribution in [-0.4, -0.2) is 49.9 Å². The normalized spacial score (nSPS) is 19.6. The molecule has 1 amide bonds. The molecule has 2 aromatic heterocycles. The van der Waals surface area contributed by atoms with Crippen LogP contribution in [0.5, 0.6) is 0 Å². The van der Waals surface area contributed by atoms with E-state index in [2.05, 4.69) is 32.4 Å². The van der Waals surface area contributed by atoms with E-state index in [1.165, 1.54) is 12.1 Å². The van der Waals surface area contributed by atoms with Crippen molar-refractivity contribution >= 4 is 5.91 Å². The summed E-state index contributed by atoms with van der Waals surface area (Å²) in [7, 11) is 0. The quantitative estimate of drug-likeness (QED) is 0.703. The zero-order valence-corrected chi connectivity index (χ0v) is 17.1. The summed E-state index contributed by atoms with van der Waals surface area (Å²) in [6.45, 7) is 6.54. The number of halogens is 1. The van der Waals surface area contributed by atoms with E-state index < -0.39 is 0 Å². The topological polar surface area (TPSA) is 75.9 Å². The van der Waals surface area contributed by atoms with Crippen molar-refractivity contribution in [3.8, 4) is 5.69 Å². The standard InChI is InChI=1S/C22H25FN6O/c1-15-13-28(14-18-5-3-4-11-24-18)12-10-20(15)25-22(30)21-16(2)29(27-26-21)19-8-6-17(23)7-9-19/h3-9,11,15,20H,10,12-14H2,1-2H3,(H,25,30). The predicted molar refractivity (Wildman–Crippen MR) is 111 cm³/mol. The van der Waals surface area contributed by atoms with Crippen molar-refractivity contribution in [2.75, 3.05) is 13.1 Å². The number of nitrogens with zero attached hydrogens (tertiary/aromatic N) is 5. The third kappa shape index (κ3) is 4.38. The fraction of sp³-hybridized carbons (Fsp3) is 0.364. The zero-order chi connectivity index (χ0) is 21.1. The second kappa shape index (κ2) is 8.71. The Morgan fingerprint density at radius 1 is 1.23 bits per heavy atom. The number of hydrogen-bond donors (Lipinski definition) is 1. The highest BCUT2D eigenvalue weighted by atomic mass is 19.1. The first-order valence-electron chi connectivity index (χ1n) is 10.1. The molecule has 0 aliphatic carbocycles. The summed E-state index contributed by atoms with van der Waals surface area (Å²) in [5, 5.41) is 11.3. The molecule has 2 atom stereocenters. The highest BCUT2D eigenvalue weighted by Crippen LogP contribution is 2.20. The van der Waals surface area contributed by atoms with E-state index in [9.17, 15) is 9.18 Å². The van der Waals surface area contributed by atoms with Crippen molar-refractivity contribution in [1.82, 2.24) is 30.2 Å². The number of piperidine rings is 1. The molecule has 1 aliphatic rings. The summed E-state index contributed by atoms with van der Waals surface area (Å²) < 4.78 is 14.7. The molecule has 1 aromatic carbocycles. The molecular weight excluding hydrogens is 383 g/mol. The average Bonchev–Trinajstić information content (AvgIpc) is 3.13. The van der Waals surface area contributed by atoms with Gasteiger partial charge in [-0.3, -0.25) is 14.7 Å². The number of carbonyl (C=O) groups excluding carboxylic acids is 1. The maximum absolute atomic E-state index is 13.2. The summed E-state index contributed by atoms with van der Waals surface area (Å²) in [6.07, 6.45) is 2.68. The van der Waals surface area contributed by atoms with Crippen molar-refractivity contribution in [3.05, 3.63) is 71.6 Å². The molecule has 1 aliphatic heterocycles. The Kier molecular flexibility index (Phi) is 5.85. The van der Waals surface area contributed by atoms with Crippen LogP contribution in [0.25, 0.3) is 5.69 Å². The van der Waals surface area contributed by atoms with Crippen LogP contribution >= 0.6 is 0 Å². The van der Waals surface area contributed by atoms with Crippen LogP contribution in [0, 0.1) is 18.7 Å². The van der Waals surface area contributed by atoms with Gasteiger partial charge in [0.2, 0.25) is 0 Å². The second-order valence-corrected chi connectivity index (χ2v) is 7.81. The molecule has 8 heteroatoms. The lowest BCUT2D eigenvalue weighted by Gasteiger charge is -2.37. The van der Waals surface area contributed by atoms with Crippen molar-refractivity contribution in [2.45, 2.75) is 32.9 Å². The molecular formula is C22H25FN6O. The molecule has 3 heterocycles. The summed E-state index contributed by atoms with van der Waals surface area (Å²) in [5.74, 6) is -0.243. The van der Waals surface area contributed by atoms with E-state index in [1.54, 1.807) is 23.7 Å². The molecule has 1 fully saturated rings. The van der Waals surface area contributed by atoms with Gasteiger partial charge >= 0.3 is 0 Å². The molecule has 0 saturated carbocycles. The summed E-state index contributed by atoms with van der Waals surface area (Å²) >= 11 is 0. The lowest BCUT2D eigenvalue weighted by molar-refractivity contribution is 0.0853. The zero-order valence-electron chi connectivity index (χ0n) is 17.1. The van der Waals surface area contributed by atoms with Gasteiger partial charge in [0.1, 0.15) is 5.82 Å². The molecule has 30 heavy (non-hydrogen) atoms. The van der Waals surface area contributed by atoms with E-state index in [-0.39, 0.29) is 17.8 Å². The molecule has 0 radical (unpaired) electrons. The number of aromatic nitrogens is 4. The van der Waals surface area contributed by atoms with Gasteiger partial charge in [-0.25, -0.2) is 9.07 Å². The van der Waals surface area contributed by atoms with Crippen LogP contribution in [0.3, 0.4) is 0 Å². The Bertz CT molecular complexity index is 1000. The average molecular weight is 408 g/mol. The number of benzene rings is 1. The third-order valence-corrected chi connectivity index (χ3v) is 5.60. The molecule has 1 N–H and O–H groups in total. The second-order valence-electron chi connectivity index (χ2n) is 7.81. The minimum Gasteiger partial charge on any atom is -0.347 e. The SMILES string of the molecule is Cc1c(C(=O)NC2CCN(Cc3ccccn3)CC2C)nnn1-c1ccc(F)cc1. The van der Waals surface area contributed by atoms with Gasteiger partial charge in [-0.15, -0.1) is 5.10 Å². The largest absolute Gasteiger partial charge is 0.347 e. The highest BCUT2D eigenvalue weighted by Gasteiger charge is 2.29. The number of pyridine rings is 1. The minimum atomic E-state index is -0.321. The fourth-order valence-corrected chi connectivity index (χ4v) is 3.91. The maximum Gasteiger partial charge on any atom is 0.273 e. The van der Waals surface area contributed by atoms with E-state index in [4.69, 9.17) is 0 Å². The summed E-state index contributed by atoms with van der Waals surface area (Å²) in [5.41, 5.74) is 2.64. The third-order valence-electron chi connectivity index (χ3n) is 5.60. The van der Waals surface area contributed by atoms with Crippen LogP contribution in [0.15, 0.2) is 48.7 Å². The molecule has 156 valence electrons. The van der Waals surface area contributed by atoms with Gasteiger partial charge < -0.3 is 5.32 Å². The number of hydrogen-bond acceptors (Lipinski definition) is 5. The predicted octanol–water partition coefficient (Wildman–Crippen LogP) is 2.75. The molecule has 0 spiro atoms. The fourth-order valence-electron chi connectivity index (χ4n) is 3.91. The van der Waals surface area contributed by atoms with Crippen molar-refractivity contribution in [1.29, 1.82) is 0 Å². The lowest BCUT2D eigenvalue weighted by Crippen LogP contribution is -2.49. The maximum atomic E-state index is 13.2. The highest BCUT2D eigenvalue weighted by molar-refractivity contribution is 5.93. The first kappa shape index (κ1) is 20.2. The van der Waals surface area contributed by atoms with Gasteiger partial charge in [-0.2, -0.15) is 0 Å². The number of rotatable bonds is 5. The van der Waals surface area contributed by atoms with E-state index in [0.717, 1.165) is 31.7 Å². The summed E-state index contributed by atoms with van der Waals surface area (Å²) in [4.78, 5) is 19.6. The van der Waals surface area contributed by atoms with Gasteiger partial charge in [-0.05, 0) is 55.7 Å². The van der Waals surface area contributed by atoms with Gasteiger partial charge in [0, 0.05) is 31.9 Å². The van der Waals surface area contributed by atoms with Crippen molar-refractivity contribution in [3.63, 3.8) is 0 Å². The number of amides is 1. The lowest BCUT2D eigenvalue weighted by atomic mass is 9.93.